The molecule has 0 saturated carbocycles. The Balaban J connectivity index is 3.20. The minimum atomic E-state index is -1.06. The Bertz CT molecular complexity index is 323. The van der Waals surface area contributed by atoms with Gasteiger partial charge in [-0.3, -0.25) is 9.78 Å². The van der Waals surface area contributed by atoms with E-state index in [2.05, 4.69) is 20.9 Å². The van der Waals surface area contributed by atoms with Gasteiger partial charge in [0, 0.05) is 16.2 Å². The van der Waals surface area contributed by atoms with E-state index < -0.39 is 17.7 Å². The second-order valence-corrected chi connectivity index (χ2v) is 3.43. The maximum Gasteiger partial charge on any atom is 0.310 e. The molecule has 0 fully saturated rings. The van der Waals surface area contributed by atoms with E-state index in [9.17, 15) is 9.18 Å². The van der Waals surface area contributed by atoms with Crippen LogP contribution in [-0.2, 0) is 4.79 Å². The van der Waals surface area contributed by atoms with Crippen molar-refractivity contribution in [1.29, 1.82) is 0 Å². The van der Waals surface area contributed by atoms with Crippen molar-refractivity contribution in [2.45, 2.75) is 12.8 Å². The van der Waals surface area contributed by atoms with Gasteiger partial charge in [0.25, 0.3) is 0 Å². The third-order valence-corrected chi connectivity index (χ3v) is 2.33. The fourth-order valence-corrected chi connectivity index (χ4v) is 1.61. The van der Waals surface area contributed by atoms with Gasteiger partial charge in [0.15, 0.2) is 0 Å². The summed E-state index contributed by atoms with van der Waals surface area (Å²) in [6.07, 6.45) is 2.37. The molecule has 0 aliphatic rings. The Morgan fingerprint density at radius 3 is 2.77 bits per heavy atom. The molecule has 1 unspecified atom stereocenters. The van der Waals surface area contributed by atoms with Crippen molar-refractivity contribution in [3.8, 4) is 0 Å². The number of carbonyl (C=O) groups is 1. The zero-order chi connectivity index (χ0) is 10.0. The van der Waals surface area contributed by atoms with Crippen LogP contribution >= 0.6 is 15.9 Å². The van der Waals surface area contributed by atoms with Gasteiger partial charge in [0.05, 0.1) is 12.1 Å². The summed E-state index contributed by atoms with van der Waals surface area (Å²) in [6.45, 7) is 1.42. The quantitative estimate of drug-likeness (QED) is 0.872. The molecule has 3 nitrogen and oxygen atoms in total. The number of aromatic nitrogens is 1. The van der Waals surface area contributed by atoms with E-state index in [1.807, 2.05) is 0 Å². The summed E-state index contributed by atoms with van der Waals surface area (Å²) in [4.78, 5) is 14.2. The van der Waals surface area contributed by atoms with Crippen molar-refractivity contribution in [3.05, 3.63) is 28.2 Å². The SMILES string of the molecule is CC(C(=O)O)c1c(F)cncc1Br. The van der Waals surface area contributed by atoms with Gasteiger partial charge in [-0.15, -0.1) is 0 Å². The van der Waals surface area contributed by atoms with Crippen LogP contribution in [0.25, 0.3) is 0 Å². The van der Waals surface area contributed by atoms with Gasteiger partial charge < -0.3 is 5.11 Å². The lowest BCUT2D eigenvalue weighted by Crippen LogP contribution is -2.10. The molecule has 0 aromatic carbocycles. The molecule has 1 N–H and O–H groups in total. The molecule has 0 amide bonds. The van der Waals surface area contributed by atoms with E-state index in [4.69, 9.17) is 5.11 Å². The summed E-state index contributed by atoms with van der Waals surface area (Å²) in [7, 11) is 0. The van der Waals surface area contributed by atoms with Crippen molar-refractivity contribution in [1.82, 2.24) is 4.98 Å². The van der Waals surface area contributed by atoms with Crippen LogP contribution in [0.2, 0.25) is 0 Å². The first kappa shape index (κ1) is 10.1. The Morgan fingerprint density at radius 2 is 2.31 bits per heavy atom. The third kappa shape index (κ3) is 2.03. The predicted molar refractivity (Wildman–Crippen MR) is 47.9 cm³/mol. The normalized spacial score (nSPS) is 12.5. The van der Waals surface area contributed by atoms with Crippen LogP contribution in [0.3, 0.4) is 0 Å². The lowest BCUT2D eigenvalue weighted by Gasteiger charge is -2.08. The molecular weight excluding hydrogens is 241 g/mol. The largest absolute Gasteiger partial charge is 0.481 e. The van der Waals surface area contributed by atoms with Crippen LogP contribution in [0.5, 0.6) is 0 Å². The smallest absolute Gasteiger partial charge is 0.310 e. The Hall–Kier alpha value is -0.970. The number of pyridine rings is 1. The molecule has 0 bridgehead atoms. The molecule has 1 rings (SSSR count). The highest BCUT2D eigenvalue weighted by Crippen LogP contribution is 2.26. The average molecular weight is 248 g/mol. The maximum absolute atomic E-state index is 13.1. The average Bonchev–Trinajstić information content (AvgIpc) is 2.03. The lowest BCUT2D eigenvalue weighted by atomic mass is 10.0. The molecule has 0 saturated heterocycles. The van der Waals surface area contributed by atoms with Gasteiger partial charge in [0.2, 0.25) is 0 Å². The number of halogens is 2. The van der Waals surface area contributed by atoms with Gasteiger partial charge in [-0.2, -0.15) is 0 Å². The van der Waals surface area contributed by atoms with E-state index in [0.717, 1.165) is 6.20 Å². The highest BCUT2D eigenvalue weighted by atomic mass is 79.9. The Labute approximate surface area is 82.7 Å². The zero-order valence-electron chi connectivity index (χ0n) is 6.79. The van der Waals surface area contributed by atoms with Crippen LogP contribution in [-0.4, -0.2) is 16.1 Å². The summed E-state index contributed by atoms with van der Waals surface area (Å²) in [5.41, 5.74) is 0.127. The molecule has 5 heteroatoms. The summed E-state index contributed by atoms with van der Waals surface area (Å²) in [5, 5.41) is 8.68. The predicted octanol–water partition coefficient (Wildman–Crippen LogP) is 2.17. The number of hydrogen-bond donors (Lipinski definition) is 1. The van der Waals surface area contributed by atoms with E-state index in [-0.39, 0.29) is 5.56 Å². The summed E-state index contributed by atoms with van der Waals surface area (Å²) in [6, 6.07) is 0. The minimum Gasteiger partial charge on any atom is -0.481 e. The fourth-order valence-electron chi connectivity index (χ4n) is 0.958. The molecule has 0 spiro atoms. The number of hydrogen-bond acceptors (Lipinski definition) is 2. The first-order valence-electron chi connectivity index (χ1n) is 3.55. The van der Waals surface area contributed by atoms with Gasteiger partial charge in [0.1, 0.15) is 5.82 Å². The van der Waals surface area contributed by atoms with Gasteiger partial charge in [-0.25, -0.2) is 4.39 Å². The number of carboxylic acids is 1. The highest BCUT2D eigenvalue weighted by Gasteiger charge is 2.20. The monoisotopic (exact) mass is 247 g/mol. The topological polar surface area (TPSA) is 50.2 Å². The van der Waals surface area contributed by atoms with Crippen LogP contribution in [0.4, 0.5) is 4.39 Å². The second-order valence-electron chi connectivity index (χ2n) is 2.58. The standard InChI is InChI=1S/C8H7BrFNO2/c1-4(8(12)13)7-5(9)2-11-3-6(7)10/h2-4H,1H3,(H,12,13). The molecule has 1 aromatic heterocycles. The molecule has 70 valence electrons. The summed E-state index contributed by atoms with van der Waals surface area (Å²) >= 11 is 3.05. The zero-order valence-corrected chi connectivity index (χ0v) is 8.38. The molecule has 0 aliphatic heterocycles. The summed E-state index contributed by atoms with van der Waals surface area (Å²) in [5.74, 6) is -2.55. The maximum atomic E-state index is 13.1. The van der Waals surface area contributed by atoms with E-state index >= 15 is 0 Å². The summed E-state index contributed by atoms with van der Waals surface area (Å²) < 4.78 is 13.5. The molecule has 1 heterocycles. The van der Waals surface area contributed by atoms with Crippen LogP contribution in [0.15, 0.2) is 16.9 Å². The first-order valence-corrected chi connectivity index (χ1v) is 4.35. The van der Waals surface area contributed by atoms with Crippen molar-refractivity contribution in [2.24, 2.45) is 0 Å². The number of carboxylic acid groups (broad SMARTS) is 1. The minimum absolute atomic E-state index is 0.127. The van der Waals surface area contributed by atoms with E-state index in [1.165, 1.54) is 13.1 Å². The van der Waals surface area contributed by atoms with Crippen LogP contribution < -0.4 is 0 Å². The number of rotatable bonds is 2. The molecule has 13 heavy (non-hydrogen) atoms. The number of aliphatic carboxylic acids is 1. The molecule has 0 aliphatic carbocycles. The Kier molecular flexibility index (Phi) is 2.98. The van der Waals surface area contributed by atoms with Crippen molar-refractivity contribution in [3.63, 3.8) is 0 Å². The second kappa shape index (κ2) is 3.83. The van der Waals surface area contributed by atoms with Crippen molar-refractivity contribution >= 4 is 21.9 Å². The highest BCUT2D eigenvalue weighted by molar-refractivity contribution is 9.10. The van der Waals surface area contributed by atoms with Crippen molar-refractivity contribution < 1.29 is 14.3 Å². The number of nitrogens with zero attached hydrogens (tertiary/aromatic N) is 1. The molecule has 0 radical (unpaired) electrons. The molecule has 1 atom stereocenters. The fraction of sp³-hybridized carbons (Fsp3) is 0.250. The van der Waals surface area contributed by atoms with Crippen LogP contribution in [0.1, 0.15) is 18.4 Å². The van der Waals surface area contributed by atoms with Crippen molar-refractivity contribution in [2.75, 3.05) is 0 Å². The molecule has 1 aromatic rings. The lowest BCUT2D eigenvalue weighted by molar-refractivity contribution is -0.138. The van der Waals surface area contributed by atoms with E-state index in [1.54, 1.807) is 0 Å². The molecular formula is C8H7BrFNO2. The van der Waals surface area contributed by atoms with Gasteiger partial charge in [-0.05, 0) is 22.9 Å². The third-order valence-electron chi connectivity index (χ3n) is 1.69. The van der Waals surface area contributed by atoms with Crippen LogP contribution in [0, 0.1) is 5.82 Å². The van der Waals surface area contributed by atoms with Gasteiger partial charge >= 0.3 is 5.97 Å². The van der Waals surface area contributed by atoms with E-state index in [0.29, 0.717) is 4.47 Å². The Morgan fingerprint density at radius 1 is 1.69 bits per heavy atom. The van der Waals surface area contributed by atoms with Gasteiger partial charge in [-0.1, -0.05) is 0 Å². The first-order chi connectivity index (χ1) is 6.04.